The maximum absolute atomic E-state index is 9.86. The van der Waals surface area contributed by atoms with E-state index in [4.69, 9.17) is 23.2 Å². The number of phenols is 1. The monoisotopic (exact) mass is 285 g/mol. The third-order valence-electron chi connectivity index (χ3n) is 4.24. The molecule has 1 aromatic rings. The fraction of sp³-hybridized carbons (Fsp3) is 0.571. The van der Waals surface area contributed by atoms with Crippen LogP contribution in [0.2, 0.25) is 10.0 Å². The predicted octanol–water partition coefficient (Wildman–Crippen LogP) is 3.98. The third-order valence-corrected chi connectivity index (χ3v) is 4.74. The molecule has 0 saturated heterocycles. The molecule has 2 nitrogen and oxygen atoms in total. The molecule has 0 atom stereocenters. The molecule has 0 amide bonds. The number of benzene rings is 1. The third kappa shape index (κ3) is 2.47. The summed E-state index contributed by atoms with van der Waals surface area (Å²) in [7, 11) is 0. The molecule has 4 heteroatoms. The highest BCUT2D eigenvalue weighted by Crippen LogP contribution is 2.60. The van der Waals surface area contributed by atoms with Crippen LogP contribution in [0.25, 0.3) is 0 Å². The van der Waals surface area contributed by atoms with Gasteiger partial charge in [-0.3, -0.25) is 0 Å². The normalized spacial score (nSPS) is 21.0. The maximum atomic E-state index is 9.86. The first kappa shape index (κ1) is 12.6. The predicted molar refractivity (Wildman–Crippen MR) is 74.2 cm³/mol. The van der Waals surface area contributed by atoms with Crippen molar-refractivity contribution >= 4 is 23.2 Å². The van der Waals surface area contributed by atoms with E-state index in [1.165, 1.54) is 25.7 Å². The van der Waals surface area contributed by atoms with Crippen molar-refractivity contribution in [3.63, 3.8) is 0 Å². The molecule has 3 rings (SSSR count). The van der Waals surface area contributed by atoms with Crippen LogP contribution in [-0.2, 0) is 6.54 Å². The van der Waals surface area contributed by atoms with Crippen molar-refractivity contribution in [3.05, 3.63) is 27.7 Å². The fourth-order valence-corrected chi connectivity index (χ4v) is 3.32. The Kier molecular flexibility index (Phi) is 3.21. The molecule has 2 aliphatic carbocycles. The lowest BCUT2D eigenvalue weighted by Gasteiger charge is -2.15. The molecule has 0 aliphatic heterocycles. The van der Waals surface area contributed by atoms with E-state index in [0.717, 1.165) is 18.0 Å². The summed E-state index contributed by atoms with van der Waals surface area (Å²) in [5.41, 5.74) is 1.34. The summed E-state index contributed by atoms with van der Waals surface area (Å²) in [6, 6.07) is 3.33. The minimum Gasteiger partial charge on any atom is -0.506 e. The average Bonchev–Trinajstić information content (AvgIpc) is 3.15. The minimum atomic E-state index is 0.143. The highest BCUT2D eigenvalue weighted by Gasteiger charge is 2.53. The molecule has 0 heterocycles. The van der Waals surface area contributed by atoms with Crippen molar-refractivity contribution in [3.8, 4) is 5.75 Å². The molecule has 18 heavy (non-hydrogen) atoms. The molecule has 0 unspecified atom stereocenters. The van der Waals surface area contributed by atoms with Crippen LogP contribution >= 0.6 is 23.2 Å². The summed E-state index contributed by atoms with van der Waals surface area (Å²) in [5, 5.41) is 14.2. The first-order valence-electron chi connectivity index (χ1n) is 6.48. The van der Waals surface area contributed by atoms with Gasteiger partial charge in [0.25, 0.3) is 0 Å². The molecule has 1 aromatic carbocycles. The van der Waals surface area contributed by atoms with Gasteiger partial charge in [0.05, 0.1) is 5.02 Å². The minimum absolute atomic E-state index is 0.143. The SMILES string of the molecule is Oc1c(Cl)cc(Cl)cc1CNCC1(C2CC2)CC1. The van der Waals surface area contributed by atoms with Crippen molar-refractivity contribution in [2.45, 2.75) is 32.2 Å². The van der Waals surface area contributed by atoms with Gasteiger partial charge in [0.2, 0.25) is 0 Å². The van der Waals surface area contributed by atoms with Crippen LogP contribution in [-0.4, -0.2) is 11.7 Å². The largest absolute Gasteiger partial charge is 0.506 e. The van der Waals surface area contributed by atoms with E-state index >= 15 is 0 Å². The second-order valence-corrected chi connectivity index (χ2v) is 6.48. The van der Waals surface area contributed by atoms with E-state index in [-0.39, 0.29) is 5.75 Å². The Morgan fingerprint density at radius 1 is 1.28 bits per heavy atom. The summed E-state index contributed by atoms with van der Waals surface area (Å²) in [4.78, 5) is 0. The van der Waals surface area contributed by atoms with Gasteiger partial charge in [-0.25, -0.2) is 0 Å². The number of halogens is 2. The topological polar surface area (TPSA) is 32.3 Å². The van der Waals surface area contributed by atoms with Gasteiger partial charge in [-0.15, -0.1) is 0 Å². The second kappa shape index (κ2) is 4.59. The second-order valence-electron chi connectivity index (χ2n) is 5.64. The Hall–Kier alpha value is -0.440. The van der Waals surface area contributed by atoms with E-state index in [1.54, 1.807) is 12.1 Å². The average molecular weight is 286 g/mol. The van der Waals surface area contributed by atoms with Gasteiger partial charge in [0.1, 0.15) is 5.75 Å². The van der Waals surface area contributed by atoms with E-state index in [9.17, 15) is 5.11 Å². The van der Waals surface area contributed by atoms with Crippen molar-refractivity contribution in [2.24, 2.45) is 11.3 Å². The first-order valence-corrected chi connectivity index (χ1v) is 7.24. The van der Waals surface area contributed by atoms with Crippen molar-refractivity contribution in [1.29, 1.82) is 0 Å². The number of aromatic hydroxyl groups is 1. The van der Waals surface area contributed by atoms with Crippen LogP contribution in [0, 0.1) is 11.3 Å². The van der Waals surface area contributed by atoms with Crippen LogP contribution in [0.4, 0.5) is 0 Å². The Labute approximate surface area is 117 Å². The number of hydrogen-bond donors (Lipinski definition) is 2. The van der Waals surface area contributed by atoms with Gasteiger partial charge in [-0.1, -0.05) is 23.2 Å². The summed E-state index contributed by atoms with van der Waals surface area (Å²) in [6.07, 6.45) is 5.51. The molecule has 0 radical (unpaired) electrons. The Balaban J connectivity index is 1.60. The molecule has 98 valence electrons. The molecule has 0 spiro atoms. The van der Waals surface area contributed by atoms with Crippen molar-refractivity contribution in [1.82, 2.24) is 5.32 Å². The summed E-state index contributed by atoms with van der Waals surface area (Å²) in [5.74, 6) is 1.09. The Morgan fingerprint density at radius 2 is 2.00 bits per heavy atom. The molecule has 2 N–H and O–H groups in total. The lowest BCUT2D eigenvalue weighted by Crippen LogP contribution is -2.25. The lowest BCUT2D eigenvalue weighted by atomic mass is 10.0. The maximum Gasteiger partial charge on any atom is 0.138 e. The molecule has 0 aromatic heterocycles. The zero-order chi connectivity index (χ0) is 12.8. The number of phenolic OH excluding ortho intramolecular Hbond substituents is 1. The van der Waals surface area contributed by atoms with Gasteiger partial charge in [0.15, 0.2) is 0 Å². The zero-order valence-corrected chi connectivity index (χ0v) is 11.7. The van der Waals surface area contributed by atoms with E-state index < -0.39 is 0 Å². The molecular weight excluding hydrogens is 269 g/mol. The summed E-state index contributed by atoms with van der Waals surface area (Å²) in [6.45, 7) is 1.67. The molecule has 0 bridgehead atoms. The quantitative estimate of drug-likeness (QED) is 0.858. The standard InChI is InChI=1S/C14H17Cl2NO/c15-11-5-9(13(18)12(16)6-11)7-17-8-14(3-4-14)10-1-2-10/h5-6,10,17-18H,1-4,7-8H2. The number of hydrogen-bond acceptors (Lipinski definition) is 2. The number of rotatable bonds is 5. The molecule has 2 saturated carbocycles. The highest BCUT2D eigenvalue weighted by molar-refractivity contribution is 6.35. The number of nitrogens with one attached hydrogen (secondary N) is 1. The van der Waals surface area contributed by atoms with E-state index in [1.807, 2.05) is 0 Å². The van der Waals surface area contributed by atoms with Gasteiger partial charge >= 0.3 is 0 Å². The summed E-state index contributed by atoms with van der Waals surface area (Å²) >= 11 is 11.8. The van der Waals surface area contributed by atoms with Crippen molar-refractivity contribution < 1.29 is 5.11 Å². The molecule has 2 aliphatic rings. The Bertz CT molecular complexity index is 467. The highest BCUT2D eigenvalue weighted by atomic mass is 35.5. The van der Waals surface area contributed by atoms with Crippen molar-refractivity contribution in [2.75, 3.05) is 6.54 Å². The lowest BCUT2D eigenvalue weighted by molar-refractivity contribution is 0.399. The smallest absolute Gasteiger partial charge is 0.138 e. The summed E-state index contributed by atoms with van der Waals surface area (Å²) < 4.78 is 0. The van der Waals surface area contributed by atoms with Gasteiger partial charge in [-0.2, -0.15) is 0 Å². The van der Waals surface area contributed by atoms with Crippen LogP contribution < -0.4 is 5.32 Å². The Morgan fingerprint density at radius 3 is 2.61 bits per heavy atom. The van der Waals surface area contributed by atoms with Crippen LogP contribution in [0.15, 0.2) is 12.1 Å². The molecule has 2 fully saturated rings. The van der Waals surface area contributed by atoms with Crippen LogP contribution in [0.5, 0.6) is 5.75 Å². The molecular formula is C14H17Cl2NO. The van der Waals surface area contributed by atoms with E-state index in [2.05, 4.69) is 5.32 Å². The first-order chi connectivity index (χ1) is 8.61. The van der Waals surface area contributed by atoms with E-state index in [0.29, 0.717) is 22.0 Å². The fourth-order valence-electron chi connectivity index (χ4n) is 2.79. The van der Waals surface area contributed by atoms with Crippen LogP contribution in [0.3, 0.4) is 0 Å². The zero-order valence-electron chi connectivity index (χ0n) is 10.2. The van der Waals surface area contributed by atoms with Gasteiger partial charge in [-0.05, 0) is 49.1 Å². The van der Waals surface area contributed by atoms with Gasteiger partial charge in [0, 0.05) is 23.7 Å². The van der Waals surface area contributed by atoms with Crippen LogP contribution in [0.1, 0.15) is 31.2 Å². The van der Waals surface area contributed by atoms with Gasteiger partial charge < -0.3 is 10.4 Å².